The largest absolute Gasteiger partial charge is 0.349 e. The van der Waals surface area contributed by atoms with Crippen LogP contribution in [0.1, 0.15) is 31.7 Å². The molecule has 36 heavy (non-hydrogen) atoms. The number of nitrogens with one attached hydrogen (secondary N) is 1. The van der Waals surface area contributed by atoms with Gasteiger partial charge in [-0.3, -0.25) is 14.5 Å². The summed E-state index contributed by atoms with van der Waals surface area (Å²) in [7, 11) is 0. The standard InChI is InChI=1S/C25H24F2N6O2S/c1-25(2,3)28-24(35)22(20-5-4-14-36-20)33(19-12-10-18(27)11-13-19)21(34)15-32-30-23(29-31-32)16-6-8-17(26)9-7-16/h4-14,22H,15H2,1-3H3,(H,28,35)/t22-/m0/s1. The maximum Gasteiger partial charge on any atom is 0.251 e. The molecule has 0 saturated heterocycles. The van der Waals surface area contributed by atoms with Crippen LogP contribution >= 0.6 is 11.3 Å². The fourth-order valence-corrected chi connectivity index (χ4v) is 4.33. The molecule has 4 aromatic rings. The normalized spacial score (nSPS) is 12.2. The van der Waals surface area contributed by atoms with Crippen LogP contribution in [0.15, 0.2) is 66.0 Å². The second-order valence-corrected chi connectivity index (χ2v) is 10.0. The zero-order chi connectivity index (χ0) is 25.9. The number of tetrazole rings is 1. The molecule has 0 aliphatic rings. The minimum absolute atomic E-state index is 0.219. The van der Waals surface area contributed by atoms with Crippen LogP contribution in [0.2, 0.25) is 0 Å². The first-order valence-corrected chi connectivity index (χ1v) is 12.0. The van der Waals surface area contributed by atoms with Gasteiger partial charge in [-0.2, -0.15) is 4.80 Å². The number of rotatable bonds is 7. The fraction of sp³-hybridized carbons (Fsp3) is 0.240. The van der Waals surface area contributed by atoms with E-state index in [9.17, 15) is 18.4 Å². The number of hydrogen-bond donors (Lipinski definition) is 1. The third-order valence-corrected chi connectivity index (χ3v) is 5.95. The first kappa shape index (κ1) is 25.1. The summed E-state index contributed by atoms with van der Waals surface area (Å²) >= 11 is 1.33. The number of carbonyl (C=O) groups is 2. The molecule has 0 unspecified atom stereocenters. The van der Waals surface area contributed by atoms with Gasteiger partial charge < -0.3 is 5.32 Å². The third-order valence-electron chi connectivity index (χ3n) is 5.02. The first-order chi connectivity index (χ1) is 17.1. The molecular weight excluding hydrogens is 486 g/mol. The molecule has 0 bridgehead atoms. The summed E-state index contributed by atoms with van der Waals surface area (Å²) in [6.45, 7) is 5.19. The Kier molecular flexibility index (Phi) is 7.20. The Morgan fingerprint density at radius 3 is 2.25 bits per heavy atom. The molecule has 11 heteroatoms. The van der Waals surface area contributed by atoms with Crippen LogP contribution < -0.4 is 10.2 Å². The number of anilines is 1. The van der Waals surface area contributed by atoms with Crippen molar-refractivity contribution in [3.63, 3.8) is 0 Å². The highest BCUT2D eigenvalue weighted by atomic mass is 32.1. The van der Waals surface area contributed by atoms with Gasteiger partial charge in [0.2, 0.25) is 11.7 Å². The van der Waals surface area contributed by atoms with Crippen molar-refractivity contribution in [1.82, 2.24) is 25.5 Å². The number of nitrogens with zero attached hydrogens (tertiary/aromatic N) is 5. The lowest BCUT2D eigenvalue weighted by Gasteiger charge is -2.33. The van der Waals surface area contributed by atoms with E-state index in [1.807, 2.05) is 26.2 Å². The Hall–Kier alpha value is -3.99. The molecular formula is C25H24F2N6O2S. The number of hydrogen-bond acceptors (Lipinski definition) is 6. The van der Waals surface area contributed by atoms with Crippen LogP contribution in [0.3, 0.4) is 0 Å². The van der Waals surface area contributed by atoms with E-state index in [1.165, 1.54) is 64.8 Å². The Bertz CT molecular complexity index is 1330. The van der Waals surface area contributed by atoms with E-state index in [0.717, 1.165) is 4.80 Å². The molecule has 2 heterocycles. The molecule has 0 radical (unpaired) electrons. The van der Waals surface area contributed by atoms with E-state index in [-0.39, 0.29) is 18.3 Å². The molecule has 0 aliphatic heterocycles. The summed E-state index contributed by atoms with van der Waals surface area (Å²) in [6, 6.07) is 13.4. The summed E-state index contributed by atoms with van der Waals surface area (Å²) in [5.74, 6) is -1.55. The van der Waals surface area contributed by atoms with Crippen molar-refractivity contribution in [2.24, 2.45) is 0 Å². The lowest BCUT2D eigenvalue weighted by atomic mass is 10.1. The van der Waals surface area contributed by atoms with Gasteiger partial charge in [-0.1, -0.05) is 6.07 Å². The van der Waals surface area contributed by atoms with Crippen molar-refractivity contribution in [2.75, 3.05) is 4.90 Å². The molecule has 2 aromatic carbocycles. The number of amides is 2. The summed E-state index contributed by atoms with van der Waals surface area (Å²) < 4.78 is 27.0. The third kappa shape index (κ3) is 5.98. The molecule has 186 valence electrons. The SMILES string of the molecule is CC(C)(C)NC(=O)[C@H](c1cccs1)N(C(=O)Cn1nnc(-c2ccc(F)cc2)n1)c1ccc(F)cc1. The van der Waals surface area contributed by atoms with E-state index in [2.05, 4.69) is 20.7 Å². The predicted octanol–water partition coefficient (Wildman–Crippen LogP) is 4.37. The molecule has 0 spiro atoms. The van der Waals surface area contributed by atoms with Crippen molar-refractivity contribution in [2.45, 2.75) is 38.9 Å². The number of benzene rings is 2. The van der Waals surface area contributed by atoms with Gasteiger partial charge in [0.15, 0.2) is 0 Å². The molecule has 1 N–H and O–H groups in total. The second kappa shape index (κ2) is 10.3. The lowest BCUT2D eigenvalue weighted by Crippen LogP contribution is -2.50. The minimum atomic E-state index is -1.01. The predicted molar refractivity (Wildman–Crippen MR) is 132 cm³/mol. The topological polar surface area (TPSA) is 93.0 Å². The number of aromatic nitrogens is 4. The summed E-state index contributed by atoms with van der Waals surface area (Å²) in [4.78, 5) is 30.2. The van der Waals surface area contributed by atoms with Crippen molar-refractivity contribution in [3.05, 3.63) is 82.6 Å². The number of carbonyl (C=O) groups excluding carboxylic acids is 2. The number of halogens is 2. The summed E-state index contributed by atoms with van der Waals surface area (Å²) in [5.41, 5.74) is 0.316. The summed E-state index contributed by atoms with van der Waals surface area (Å²) in [5, 5.41) is 16.9. The first-order valence-electron chi connectivity index (χ1n) is 11.1. The summed E-state index contributed by atoms with van der Waals surface area (Å²) in [6.07, 6.45) is 0. The van der Waals surface area contributed by atoms with Crippen LogP contribution in [0.4, 0.5) is 14.5 Å². The lowest BCUT2D eigenvalue weighted by molar-refractivity contribution is -0.128. The van der Waals surface area contributed by atoms with E-state index < -0.39 is 29.1 Å². The van der Waals surface area contributed by atoms with Gasteiger partial charge in [0.1, 0.15) is 24.2 Å². The smallest absolute Gasteiger partial charge is 0.251 e. The maximum absolute atomic E-state index is 13.7. The molecule has 2 amide bonds. The minimum Gasteiger partial charge on any atom is -0.349 e. The van der Waals surface area contributed by atoms with E-state index in [0.29, 0.717) is 16.1 Å². The van der Waals surface area contributed by atoms with E-state index in [1.54, 1.807) is 12.1 Å². The highest BCUT2D eigenvalue weighted by Crippen LogP contribution is 2.31. The van der Waals surface area contributed by atoms with Gasteiger partial charge in [0, 0.05) is 21.7 Å². The van der Waals surface area contributed by atoms with Crippen molar-refractivity contribution in [1.29, 1.82) is 0 Å². The molecule has 1 atom stereocenters. The monoisotopic (exact) mass is 510 g/mol. The molecule has 2 aromatic heterocycles. The Morgan fingerprint density at radius 2 is 1.67 bits per heavy atom. The van der Waals surface area contributed by atoms with Crippen LogP contribution in [0.5, 0.6) is 0 Å². The van der Waals surface area contributed by atoms with Crippen LogP contribution in [-0.4, -0.2) is 37.6 Å². The van der Waals surface area contributed by atoms with E-state index >= 15 is 0 Å². The molecule has 0 aliphatic carbocycles. The Morgan fingerprint density at radius 1 is 1.03 bits per heavy atom. The van der Waals surface area contributed by atoms with Gasteiger partial charge in [-0.05, 0) is 86.0 Å². The zero-order valence-electron chi connectivity index (χ0n) is 19.9. The van der Waals surface area contributed by atoms with Crippen molar-refractivity contribution < 1.29 is 18.4 Å². The van der Waals surface area contributed by atoms with Crippen molar-refractivity contribution in [3.8, 4) is 11.4 Å². The van der Waals surface area contributed by atoms with Gasteiger partial charge in [0.25, 0.3) is 5.91 Å². The Labute approximate surface area is 210 Å². The van der Waals surface area contributed by atoms with Crippen LogP contribution in [0, 0.1) is 11.6 Å². The molecule has 0 saturated carbocycles. The fourth-order valence-electron chi connectivity index (χ4n) is 3.52. The van der Waals surface area contributed by atoms with Crippen LogP contribution in [0.25, 0.3) is 11.4 Å². The van der Waals surface area contributed by atoms with Gasteiger partial charge >= 0.3 is 0 Å². The maximum atomic E-state index is 13.7. The van der Waals surface area contributed by atoms with Crippen molar-refractivity contribution >= 4 is 28.8 Å². The van der Waals surface area contributed by atoms with Gasteiger partial charge in [-0.25, -0.2) is 8.78 Å². The Balaban J connectivity index is 1.69. The van der Waals surface area contributed by atoms with Gasteiger partial charge in [0.05, 0.1) is 0 Å². The highest BCUT2D eigenvalue weighted by molar-refractivity contribution is 7.10. The molecule has 8 nitrogen and oxygen atoms in total. The van der Waals surface area contributed by atoms with Crippen LogP contribution in [-0.2, 0) is 16.1 Å². The number of thiophene rings is 1. The highest BCUT2D eigenvalue weighted by Gasteiger charge is 2.35. The average molecular weight is 511 g/mol. The second-order valence-electron chi connectivity index (χ2n) is 9.05. The quantitative estimate of drug-likeness (QED) is 0.399. The average Bonchev–Trinajstić information content (AvgIpc) is 3.50. The molecule has 4 rings (SSSR count). The van der Waals surface area contributed by atoms with E-state index in [4.69, 9.17) is 0 Å². The molecule has 0 fully saturated rings. The van der Waals surface area contributed by atoms with Gasteiger partial charge in [-0.15, -0.1) is 21.5 Å². The zero-order valence-corrected chi connectivity index (χ0v) is 20.7.